The maximum absolute atomic E-state index is 12.2. The van der Waals surface area contributed by atoms with Crippen molar-refractivity contribution >= 4 is 29.4 Å². The molecule has 4 N–H and O–H groups in total. The van der Waals surface area contributed by atoms with Gasteiger partial charge in [-0.15, -0.1) is 0 Å². The predicted octanol–water partition coefficient (Wildman–Crippen LogP) is 0.968. The fourth-order valence-electron chi connectivity index (χ4n) is 3.63. The zero-order chi connectivity index (χ0) is 20.1. The van der Waals surface area contributed by atoms with E-state index in [1.54, 1.807) is 7.05 Å². The van der Waals surface area contributed by atoms with Crippen LogP contribution in [-0.2, 0) is 4.74 Å². The van der Waals surface area contributed by atoms with Gasteiger partial charge in [-0.2, -0.15) is 5.10 Å². The third-order valence-corrected chi connectivity index (χ3v) is 5.51. The number of aromatic nitrogens is 2. The number of ether oxygens (including phenoxy) is 1. The standard InChI is InChI=1S/C17H25ClN6O4/c1-19-16(26)21-10-2-4-11(5-3-10)22-17(27)28-12-6-7-24(9-12)13-8-20-23-15(25)14(13)18/h8,10-12H,2-7,9H2,1H3,(H,22,27)(H,23,25)(H2,19,21,26)/t10-,11-,12-/m1/s1. The van der Waals surface area contributed by atoms with Crippen molar-refractivity contribution in [1.29, 1.82) is 0 Å². The Morgan fingerprint density at radius 1 is 1.21 bits per heavy atom. The van der Waals surface area contributed by atoms with Crippen molar-refractivity contribution in [3.8, 4) is 0 Å². The number of carbonyl (C=O) groups is 2. The molecule has 10 nitrogen and oxygen atoms in total. The highest BCUT2D eigenvalue weighted by Gasteiger charge is 2.29. The van der Waals surface area contributed by atoms with Gasteiger partial charge in [0, 0.05) is 32.1 Å². The summed E-state index contributed by atoms with van der Waals surface area (Å²) in [5.74, 6) is 0. The Balaban J connectivity index is 1.42. The van der Waals surface area contributed by atoms with Crippen LogP contribution in [0.2, 0.25) is 5.02 Å². The molecule has 2 heterocycles. The number of anilines is 1. The Morgan fingerprint density at radius 2 is 1.89 bits per heavy atom. The zero-order valence-electron chi connectivity index (χ0n) is 15.7. The van der Waals surface area contributed by atoms with E-state index < -0.39 is 11.7 Å². The number of halogens is 1. The second-order valence-corrected chi connectivity index (χ2v) is 7.45. The zero-order valence-corrected chi connectivity index (χ0v) is 16.4. The van der Waals surface area contributed by atoms with Crippen LogP contribution in [-0.4, -0.2) is 60.6 Å². The lowest BCUT2D eigenvalue weighted by Crippen LogP contribution is -2.46. The normalized spacial score (nSPS) is 24.5. The van der Waals surface area contributed by atoms with Crippen molar-refractivity contribution in [2.75, 3.05) is 25.0 Å². The summed E-state index contributed by atoms with van der Waals surface area (Å²) < 4.78 is 5.52. The largest absolute Gasteiger partial charge is 0.444 e. The van der Waals surface area contributed by atoms with Gasteiger partial charge in [-0.25, -0.2) is 14.7 Å². The molecule has 3 amide bonds. The van der Waals surface area contributed by atoms with Gasteiger partial charge in [0.05, 0.1) is 18.4 Å². The van der Waals surface area contributed by atoms with Gasteiger partial charge in [-0.3, -0.25) is 4.79 Å². The van der Waals surface area contributed by atoms with Crippen LogP contribution < -0.4 is 26.4 Å². The van der Waals surface area contributed by atoms with Crippen LogP contribution in [0, 0.1) is 0 Å². The maximum atomic E-state index is 12.2. The number of hydrogen-bond acceptors (Lipinski definition) is 6. The minimum Gasteiger partial charge on any atom is -0.444 e. The van der Waals surface area contributed by atoms with Crippen LogP contribution >= 0.6 is 11.6 Å². The van der Waals surface area contributed by atoms with E-state index in [4.69, 9.17) is 16.3 Å². The highest BCUT2D eigenvalue weighted by atomic mass is 35.5. The van der Waals surface area contributed by atoms with Crippen LogP contribution in [0.3, 0.4) is 0 Å². The third kappa shape index (κ3) is 5.06. The van der Waals surface area contributed by atoms with E-state index in [1.165, 1.54) is 6.20 Å². The van der Waals surface area contributed by atoms with Crippen LogP contribution in [0.4, 0.5) is 15.3 Å². The second kappa shape index (κ2) is 9.13. The van der Waals surface area contributed by atoms with Gasteiger partial charge < -0.3 is 25.6 Å². The van der Waals surface area contributed by atoms with E-state index in [0.717, 1.165) is 25.7 Å². The lowest BCUT2D eigenvalue weighted by atomic mass is 9.91. The molecular weight excluding hydrogens is 388 g/mol. The topological polar surface area (TPSA) is 128 Å². The highest BCUT2D eigenvalue weighted by Crippen LogP contribution is 2.26. The summed E-state index contributed by atoms with van der Waals surface area (Å²) in [7, 11) is 1.59. The van der Waals surface area contributed by atoms with Gasteiger partial charge in [0.15, 0.2) is 0 Å². The number of H-pyrrole nitrogens is 1. The van der Waals surface area contributed by atoms with Gasteiger partial charge in [0.2, 0.25) is 0 Å². The SMILES string of the molecule is CNC(=O)N[C@H]1CC[C@H](NC(=O)O[C@@H]2CCN(c3cn[nH]c(=O)c3Cl)C2)CC1. The first-order chi connectivity index (χ1) is 13.5. The van der Waals surface area contributed by atoms with Gasteiger partial charge in [0.1, 0.15) is 11.1 Å². The third-order valence-electron chi connectivity index (χ3n) is 5.15. The van der Waals surface area contributed by atoms with Crippen LogP contribution in [0.1, 0.15) is 32.1 Å². The first-order valence-electron chi connectivity index (χ1n) is 9.39. The van der Waals surface area contributed by atoms with Gasteiger partial charge in [0.25, 0.3) is 5.56 Å². The minimum atomic E-state index is -0.442. The van der Waals surface area contributed by atoms with Crippen LogP contribution in [0.25, 0.3) is 0 Å². The molecule has 154 valence electrons. The van der Waals surface area contributed by atoms with Crippen molar-refractivity contribution < 1.29 is 14.3 Å². The highest BCUT2D eigenvalue weighted by molar-refractivity contribution is 6.33. The fourth-order valence-corrected chi connectivity index (χ4v) is 3.84. The molecule has 1 aliphatic heterocycles. The van der Waals surface area contributed by atoms with Crippen LogP contribution in [0.5, 0.6) is 0 Å². The number of nitrogens with one attached hydrogen (secondary N) is 4. The van der Waals surface area contributed by atoms with E-state index in [0.29, 0.717) is 25.2 Å². The Labute approximate surface area is 167 Å². The van der Waals surface area contributed by atoms with Crippen molar-refractivity contribution in [1.82, 2.24) is 26.1 Å². The lowest BCUT2D eigenvalue weighted by molar-refractivity contribution is 0.102. The van der Waals surface area contributed by atoms with Crippen LogP contribution in [0.15, 0.2) is 11.0 Å². The number of urea groups is 1. The van der Waals surface area contributed by atoms with Gasteiger partial charge in [-0.05, 0) is 25.7 Å². The fraction of sp³-hybridized carbons (Fsp3) is 0.647. The number of rotatable bonds is 4. The first kappa shape index (κ1) is 20.2. The van der Waals surface area contributed by atoms with E-state index >= 15 is 0 Å². The van der Waals surface area contributed by atoms with E-state index in [-0.39, 0.29) is 29.2 Å². The van der Waals surface area contributed by atoms with E-state index in [2.05, 4.69) is 26.1 Å². The number of hydrogen-bond donors (Lipinski definition) is 4. The molecule has 1 aliphatic carbocycles. The second-order valence-electron chi connectivity index (χ2n) is 7.08. The summed E-state index contributed by atoms with van der Waals surface area (Å²) in [4.78, 5) is 37.0. The smallest absolute Gasteiger partial charge is 0.407 e. The number of alkyl carbamates (subject to hydrolysis) is 1. The molecule has 2 fully saturated rings. The summed E-state index contributed by atoms with van der Waals surface area (Å²) in [5, 5.41) is 14.5. The maximum Gasteiger partial charge on any atom is 0.407 e. The van der Waals surface area contributed by atoms with Gasteiger partial charge >= 0.3 is 12.1 Å². The molecule has 1 saturated heterocycles. The summed E-state index contributed by atoms with van der Waals surface area (Å²) in [5.41, 5.74) is 0.0988. The molecule has 28 heavy (non-hydrogen) atoms. The molecule has 0 unspecified atom stereocenters. The first-order valence-corrected chi connectivity index (χ1v) is 9.77. The van der Waals surface area contributed by atoms with E-state index in [1.807, 2.05) is 4.90 Å². The molecule has 0 bridgehead atoms. The average Bonchev–Trinajstić information content (AvgIpc) is 3.13. The Kier molecular flexibility index (Phi) is 6.61. The number of nitrogens with zero attached hydrogens (tertiary/aromatic N) is 2. The number of amides is 3. The molecule has 1 atom stereocenters. The summed E-state index contributed by atoms with van der Waals surface area (Å²) in [6.45, 7) is 1.08. The summed E-state index contributed by atoms with van der Waals surface area (Å²) in [6, 6.07) is -0.0128. The van der Waals surface area contributed by atoms with Crippen molar-refractivity contribution in [2.24, 2.45) is 0 Å². The monoisotopic (exact) mass is 412 g/mol. The summed E-state index contributed by atoms with van der Waals surface area (Å²) in [6.07, 6.45) is 4.62. The molecular formula is C17H25ClN6O4. The molecule has 1 saturated carbocycles. The molecule has 0 spiro atoms. The molecule has 0 radical (unpaired) electrons. The average molecular weight is 413 g/mol. The number of carbonyl (C=O) groups excluding carboxylic acids is 2. The van der Waals surface area contributed by atoms with Crippen molar-refractivity contribution in [2.45, 2.75) is 50.3 Å². The Bertz CT molecular complexity index is 764. The van der Waals surface area contributed by atoms with E-state index in [9.17, 15) is 14.4 Å². The minimum absolute atomic E-state index is 0.0408. The molecule has 3 rings (SSSR count). The number of aromatic amines is 1. The Hall–Kier alpha value is -2.49. The van der Waals surface area contributed by atoms with Crippen molar-refractivity contribution in [3.63, 3.8) is 0 Å². The van der Waals surface area contributed by atoms with Gasteiger partial charge in [-0.1, -0.05) is 11.6 Å². The quantitative estimate of drug-likeness (QED) is 0.583. The predicted molar refractivity (Wildman–Crippen MR) is 104 cm³/mol. The summed E-state index contributed by atoms with van der Waals surface area (Å²) >= 11 is 6.03. The Morgan fingerprint density at radius 3 is 2.57 bits per heavy atom. The van der Waals surface area contributed by atoms with Crippen molar-refractivity contribution in [3.05, 3.63) is 21.6 Å². The molecule has 11 heteroatoms. The molecule has 0 aromatic carbocycles. The molecule has 2 aliphatic rings. The lowest BCUT2D eigenvalue weighted by Gasteiger charge is -2.29. The molecule has 1 aromatic heterocycles. The molecule has 1 aromatic rings.